The molecule has 3 saturated heterocycles. The van der Waals surface area contributed by atoms with E-state index in [1.807, 2.05) is 102 Å². The van der Waals surface area contributed by atoms with Crippen molar-refractivity contribution in [1.29, 1.82) is 0 Å². The molecule has 95 heavy (non-hydrogen) atoms. The number of anilines is 3. The number of nitrogens with zero attached hydrogens (tertiary/aromatic N) is 17. The zero-order chi connectivity index (χ0) is 65.5. The number of rotatable bonds is 13. The zero-order valence-corrected chi connectivity index (χ0v) is 50.6. The SMILES string of the molecule is C.C=C(c1cnc2c(ccn2-c2cncc(-c3cnc(N)[nH]3)c2)c1)N1CCC(F)(F)CC1.C=C(c1cnc2c(ccn2-c2cncc(-c3noc(N)n3)c2)c1)N1CCC(F)(F)CC1.C=C(c1cnc2c(ccn2-c2cncc(-c3noc(NC)n3)c2)c1)N1CCC(F)(F)CC1. The number of fused-ring (bicyclic) bond motifs is 3. The fourth-order valence-corrected chi connectivity index (χ4v) is 11.4. The maximum absolute atomic E-state index is 13.5. The molecule has 488 valence electrons. The number of hydrogen-bond donors (Lipinski definition) is 4. The molecule has 15 heterocycles. The van der Waals surface area contributed by atoms with Crippen molar-refractivity contribution >= 4 is 68.2 Å². The first-order valence-electron chi connectivity index (χ1n) is 29.9. The van der Waals surface area contributed by atoms with Crippen LogP contribution >= 0.6 is 0 Å². The van der Waals surface area contributed by atoms with E-state index in [-0.39, 0.29) is 78.1 Å². The summed E-state index contributed by atoms with van der Waals surface area (Å²) in [6.07, 6.45) is 21.8. The van der Waals surface area contributed by atoms with Crippen LogP contribution in [-0.4, -0.2) is 153 Å². The van der Waals surface area contributed by atoms with Gasteiger partial charge in [0.15, 0.2) is 5.95 Å². The molecule has 29 heteroatoms. The molecule has 15 rings (SSSR count). The quantitative estimate of drug-likeness (QED) is 0.0781. The average molecular weight is 1300 g/mol. The van der Waals surface area contributed by atoms with Gasteiger partial charge in [-0.25, -0.2) is 46.3 Å². The number of aromatic nitrogens is 15. The number of likely N-dealkylation sites (tertiary alicyclic amines) is 3. The van der Waals surface area contributed by atoms with Crippen LogP contribution in [0.15, 0.2) is 164 Å². The van der Waals surface area contributed by atoms with Gasteiger partial charge in [0.2, 0.25) is 11.6 Å². The molecule has 12 aromatic rings. The lowest BCUT2D eigenvalue weighted by Gasteiger charge is -2.34. The number of nitrogens with two attached hydrogens (primary N) is 2. The van der Waals surface area contributed by atoms with Crippen molar-refractivity contribution < 1.29 is 35.4 Å². The van der Waals surface area contributed by atoms with Gasteiger partial charge in [0.05, 0.1) is 47.5 Å². The molecule has 0 radical (unpaired) electrons. The van der Waals surface area contributed by atoms with Crippen LogP contribution in [0.3, 0.4) is 0 Å². The summed E-state index contributed by atoms with van der Waals surface area (Å²) in [7, 11) is 1.70. The van der Waals surface area contributed by atoms with Crippen LogP contribution in [-0.2, 0) is 0 Å². The molecule has 0 spiro atoms. The van der Waals surface area contributed by atoms with Gasteiger partial charge in [0.25, 0.3) is 17.8 Å². The van der Waals surface area contributed by atoms with Crippen molar-refractivity contribution in [3.63, 3.8) is 0 Å². The van der Waals surface area contributed by atoms with E-state index in [1.54, 1.807) is 69.0 Å². The second-order valence-electron chi connectivity index (χ2n) is 22.9. The van der Waals surface area contributed by atoms with E-state index in [1.165, 1.54) is 0 Å². The lowest BCUT2D eigenvalue weighted by atomic mass is 10.0. The number of imidazole rings is 1. The van der Waals surface area contributed by atoms with Gasteiger partial charge in [-0.1, -0.05) is 37.5 Å². The number of aromatic amines is 1. The third-order valence-electron chi connectivity index (χ3n) is 16.7. The van der Waals surface area contributed by atoms with E-state index in [2.05, 4.69) is 85.2 Å². The van der Waals surface area contributed by atoms with Crippen LogP contribution in [0.1, 0.15) is 62.6 Å². The van der Waals surface area contributed by atoms with Gasteiger partial charge in [-0.05, 0) is 54.6 Å². The van der Waals surface area contributed by atoms with E-state index in [0.29, 0.717) is 59.2 Å². The summed E-state index contributed by atoms with van der Waals surface area (Å²) in [5.74, 6) is -6.64. The molecule has 0 bridgehead atoms. The molecular weight excluding hydrogens is 1230 g/mol. The predicted molar refractivity (Wildman–Crippen MR) is 350 cm³/mol. The normalized spacial score (nSPS) is 15.8. The van der Waals surface area contributed by atoms with Crippen molar-refractivity contribution in [1.82, 2.24) is 88.6 Å². The molecule has 0 atom stereocenters. The number of nitrogen functional groups attached to an aromatic ring is 2. The molecule has 3 aliphatic heterocycles. The standard InChI is InChI=1S/C22H21F2N7O.C22H21F2N7.C21H19F2N7O.CH4/c1-14(30-7-4-22(23,24)5-8-30)16-9-15-3-6-31(20(15)27-12-16)18-10-17(11-26-13-18)19-28-21(25-2)32-29-19;1-14(30-6-3-22(23,24)4-7-30)16-8-15-2-5-31(20(15)27-11-16)18-9-17(10-26-12-18)19-13-28-21(25)29-19;1-13(29-6-3-21(22,23)4-7-29)15-8-14-2-5-30(19(14)26-11-15)17-9-16(10-25-12-17)18-27-20(24)31-28-18;/h3,6,9-13H,1,4-5,7-8H2,2H3,(H,25,28,29);2,5,8-13H,1,3-4,6-7H2,(H3,25,28,29);2,5,8-12H,1,3-4,6-7H2,(H2,24,27,28);1H4. The van der Waals surface area contributed by atoms with Crippen LogP contribution < -0.4 is 16.8 Å². The molecule has 0 unspecified atom stereocenters. The van der Waals surface area contributed by atoms with E-state index in [0.717, 1.165) is 83.8 Å². The van der Waals surface area contributed by atoms with E-state index < -0.39 is 17.8 Å². The number of H-pyrrole nitrogens is 1. The van der Waals surface area contributed by atoms with Crippen LogP contribution in [0.25, 0.3) is 101 Å². The smallest absolute Gasteiger partial charge is 0.321 e. The highest BCUT2D eigenvalue weighted by Crippen LogP contribution is 2.36. The Bertz CT molecular complexity index is 4570. The number of hydrogen-bond acceptors (Lipinski definition) is 19. The molecule has 12 aromatic heterocycles. The zero-order valence-electron chi connectivity index (χ0n) is 50.6. The van der Waals surface area contributed by atoms with Gasteiger partial charge in [0, 0.05) is 207 Å². The molecule has 3 aliphatic rings. The monoisotopic (exact) mass is 1300 g/mol. The first-order chi connectivity index (χ1) is 45.2. The lowest BCUT2D eigenvalue weighted by Crippen LogP contribution is -2.38. The van der Waals surface area contributed by atoms with Gasteiger partial charge < -0.3 is 45.5 Å². The summed E-state index contributed by atoms with van der Waals surface area (Å²) >= 11 is 0. The fourth-order valence-electron chi connectivity index (χ4n) is 11.4. The van der Waals surface area contributed by atoms with Gasteiger partial charge in [-0.2, -0.15) is 9.97 Å². The van der Waals surface area contributed by atoms with Crippen molar-refractivity contribution in [2.24, 2.45) is 0 Å². The predicted octanol–water partition coefficient (Wildman–Crippen LogP) is 12.7. The van der Waals surface area contributed by atoms with Gasteiger partial charge >= 0.3 is 12.0 Å². The molecular formula is C66H65F6N21O2. The van der Waals surface area contributed by atoms with Gasteiger partial charge in [0.1, 0.15) is 16.9 Å². The van der Waals surface area contributed by atoms with Crippen LogP contribution in [0, 0.1) is 0 Å². The minimum Gasteiger partial charge on any atom is -0.371 e. The number of alkyl halides is 6. The Morgan fingerprint density at radius 1 is 0.484 bits per heavy atom. The second-order valence-corrected chi connectivity index (χ2v) is 22.9. The average Bonchev–Trinajstić information content (AvgIpc) is 1.74. The summed E-state index contributed by atoms with van der Waals surface area (Å²) in [4.78, 5) is 47.7. The summed E-state index contributed by atoms with van der Waals surface area (Å²) in [5.41, 5.74) is 23.4. The van der Waals surface area contributed by atoms with Crippen molar-refractivity contribution in [3.8, 4) is 51.1 Å². The lowest BCUT2D eigenvalue weighted by molar-refractivity contribution is -0.0456. The first-order valence-corrected chi connectivity index (χ1v) is 29.9. The Hall–Kier alpha value is -11.4. The minimum absolute atomic E-state index is 0. The molecule has 0 aliphatic carbocycles. The van der Waals surface area contributed by atoms with E-state index in [4.69, 9.17) is 20.5 Å². The molecule has 0 aromatic carbocycles. The van der Waals surface area contributed by atoms with Gasteiger partial charge in [-0.3, -0.25) is 28.7 Å². The van der Waals surface area contributed by atoms with E-state index >= 15 is 0 Å². The van der Waals surface area contributed by atoms with Crippen molar-refractivity contribution in [2.45, 2.75) is 63.7 Å². The van der Waals surface area contributed by atoms with Gasteiger partial charge in [-0.15, -0.1) is 0 Å². The first kappa shape index (κ1) is 63.7. The third kappa shape index (κ3) is 13.7. The maximum Gasteiger partial charge on any atom is 0.321 e. The Morgan fingerprint density at radius 3 is 1.20 bits per heavy atom. The second kappa shape index (κ2) is 25.9. The highest BCUT2D eigenvalue weighted by Gasteiger charge is 2.37. The number of pyridine rings is 6. The highest BCUT2D eigenvalue weighted by atomic mass is 19.3. The molecule has 6 N–H and O–H groups in total. The van der Waals surface area contributed by atoms with Crippen LogP contribution in [0.2, 0.25) is 0 Å². The summed E-state index contributed by atoms with van der Waals surface area (Å²) in [5, 5.41) is 13.3. The summed E-state index contributed by atoms with van der Waals surface area (Å²) in [6, 6.07) is 17.8. The third-order valence-corrected chi connectivity index (χ3v) is 16.7. The number of nitrogens with one attached hydrogen (secondary N) is 2. The Balaban J connectivity index is 0.000000136. The summed E-state index contributed by atoms with van der Waals surface area (Å²) < 4.78 is 96.5. The van der Waals surface area contributed by atoms with Crippen molar-refractivity contribution in [3.05, 3.63) is 172 Å². The summed E-state index contributed by atoms with van der Waals surface area (Å²) in [6.45, 7) is 14.1. The Kier molecular flexibility index (Phi) is 17.4. The Labute approximate surface area is 539 Å². The van der Waals surface area contributed by atoms with Crippen LogP contribution in [0.4, 0.5) is 44.3 Å². The fraction of sp³-hybridized carbons (Fsp3) is 0.258. The molecule has 23 nitrogen and oxygen atoms in total. The largest absolute Gasteiger partial charge is 0.371 e. The minimum atomic E-state index is -2.59. The molecule has 3 fully saturated rings. The van der Waals surface area contributed by atoms with Crippen LogP contribution in [0.5, 0.6) is 0 Å². The molecule has 0 saturated carbocycles. The number of halogens is 6. The van der Waals surface area contributed by atoms with E-state index in [9.17, 15) is 26.3 Å². The topological polar surface area (TPSA) is 272 Å². The van der Waals surface area contributed by atoms with Crippen molar-refractivity contribution in [2.75, 3.05) is 63.1 Å². The maximum atomic E-state index is 13.5. The highest BCUT2D eigenvalue weighted by molar-refractivity contribution is 5.85. The number of piperidine rings is 3. The molecule has 0 amide bonds. The Morgan fingerprint density at radius 2 is 0.853 bits per heavy atom.